The molecule has 314 valence electrons. The van der Waals surface area contributed by atoms with E-state index >= 15 is 0 Å². The molecule has 1 atom stereocenters. The van der Waals surface area contributed by atoms with E-state index < -0.39 is 11.9 Å². The normalized spacial score (nSPS) is 12.6. The number of primary amides is 1. The summed E-state index contributed by atoms with van der Waals surface area (Å²) in [6, 6.07) is 24.1. The van der Waals surface area contributed by atoms with Gasteiger partial charge in [0.25, 0.3) is 17.7 Å². The summed E-state index contributed by atoms with van der Waals surface area (Å²) in [7, 11) is 0. The first-order chi connectivity index (χ1) is 29.1. The summed E-state index contributed by atoms with van der Waals surface area (Å²) in [6.07, 6.45) is 16.2. The fourth-order valence-electron chi connectivity index (χ4n) is 6.76. The minimum atomic E-state index is -0.483. The number of rotatable bonds is 22. The molecular formula is C48H55N5O7. The van der Waals surface area contributed by atoms with Crippen LogP contribution in [0.1, 0.15) is 101 Å². The molecule has 0 bridgehead atoms. The zero-order chi connectivity index (χ0) is 43.3. The van der Waals surface area contributed by atoms with E-state index in [1.807, 2.05) is 85.8 Å². The number of benzene rings is 4. The van der Waals surface area contributed by atoms with Crippen LogP contribution < -0.4 is 26.4 Å². The smallest absolute Gasteiger partial charge is 0.263 e. The Labute approximate surface area is 351 Å². The molecule has 0 aliphatic carbocycles. The Balaban J connectivity index is 0.00000257. The second kappa shape index (κ2) is 24.2. The maximum absolute atomic E-state index is 13.3. The van der Waals surface area contributed by atoms with Crippen LogP contribution in [0.2, 0.25) is 0 Å². The average Bonchev–Trinajstić information content (AvgIpc) is 3.51. The topological polar surface area (TPSA) is 177 Å². The van der Waals surface area contributed by atoms with Crippen molar-refractivity contribution < 1.29 is 33.5 Å². The molecule has 0 spiro atoms. The first-order valence-corrected chi connectivity index (χ1v) is 20.3. The van der Waals surface area contributed by atoms with E-state index in [1.165, 1.54) is 10.5 Å². The number of carbonyl (C=O) groups is 6. The summed E-state index contributed by atoms with van der Waals surface area (Å²) in [4.78, 5) is 71.3. The number of ether oxygens (including phenoxy) is 1. The molecule has 5 N–H and O–H groups in total. The molecular weight excluding hydrogens is 759 g/mol. The lowest BCUT2D eigenvalue weighted by molar-refractivity contribution is -0.125. The molecule has 1 aliphatic heterocycles. The van der Waals surface area contributed by atoms with Crippen molar-refractivity contribution in [3.63, 3.8) is 0 Å². The van der Waals surface area contributed by atoms with Crippen LogP contribution in [0.25, 0.3) is 10.8 Å². The maximum Gasteiger partial charge on any atom is 0.263 e. The number of aryl methyl sites for hydroxylation is 1. The van der Waals surface area contributed by atoms with Crippen molar-refractivity contribution in [3.8, 4) is 11.5 Å². The SMILES string of the molecule is C=C/C(=C\C=C/CCCCCCCCNc1cccc2c1C(=O)N(C(C)CCC(=O)NC=O)C2=O)CNC(=O)c1ccc2c(Oc3ccc(C)cc3)cccc2c1.NC=O. The Morgan fingerprint density at radius 1 is 0.900 bits per heavy atom. The number of imide groups is 2. The molecule has 0 saturated carbocycles. The van der Waals surface area contributed by atoms with E-state index in [-0.39, 0.29) is 37.0 Å². The number of nitrogens with zero attached hydrogens (tertiary/aromatic N) is 1. The summed E-state index contributed by atoms with van der Waals surface area (Å²) >= 11 is 0. The summed E-state index contributed by atoms with van der Waals surface area (Å²) in [5.74, 6) is 0.175. The molecule has 12 nitrogen and oxygen atoms in total. The summed E-state index contributed by atoms with van der Waals surface area (Å²) in [5, 5.41) is 10.3. The molecule has 0 radical (unpaired) electrons. The fourth-order valence-corrected chi connectivity index (χ4v) is 6.76. The number of hydrogen-bond acceptors (Lipinski definition) is 8. The lowest BCUT2D eigenvalue weighted by Crippen LogP contribution is -2.38. The second-order valence-corrected chi connectivity index (χ2v) is 14.4. The molecule has 60 heavy (non-hydrogen) atoms. The van der Waals surface area contributed by atoms with Crippen LogP contribution in [-0.2, 0) is 14.4 Å². The standard InChI is InChI=1S/C47H52N4O6.CH3NO/c1-4-35(31-49-45(54)37-24-27-39-36(30-37)17-14-20-42(39)57-38-25-21-33(2)22-26-38)16-12-10-8-6-5-7-9-11-13-29-48-41-19-15-18-40-44(41)47(56)51(46(40)55)34(3)23-28-43(53)50-32-52;2-1-3/h4,10,12,14-22,24-27,30,32,34,48H,1,5-9,11,13,23,28-29,31H2,2-3H3,(H,49,54)(H,50,52,53);1H,(H2,2,3)/b12-10-,35-16+;. The number of amides is 6. The lowest BCUT2D eigenvalue weighted by atomic mass is 10.1. The third-order valence-electron chi connectivity index (χ3n) is 10.0. The van der Waals surface area contributed by atoms with Crippen molar-refractivity contribution in [1.82, 2.24) is 15.5 Å². The highest BCUT2D eigenvalue weighted by Crippen LogP contribution is 2.32. The number of anilines is 1. The molecule has 1 heterocycles. The summed E-state index contributed by atoms with van der Waals surface area (Å²) in [5.41, 5.74) is 8.22. The van der Waals surface area contributed by atoms with E-state index in [2.05, 4.69) is 34.3 Å². The van der Waals surface area contributed by atoms with Crippen molar-refractivity contribution in [2.24, 2.45) is 5.73 Å². The van der Waals surface area contributed by atoms with Gasteiger partial charge in [-0.3, -0.25) is 39.0 Å². The van der Waals surface area contributed by atoms with Crippen LogP contribution in [0.15, 0.2) is 115 Å². The molecule has 0 aromatic heterocycles. The highest BCUT2D eigenvalue weighted by atomic mass is 16.5. The Hall–Kier alpha value is -6.82. The zero-order valence-electron chi connectivity index (χ0n) is 34.4. The molecule has 1 aliphatic rings. The third-order valence-corrected chi connectivity index (χ3v) is 10.0. The number of allylic oxidation sites excluding steroid dienone is 3. The van der Waals surface area contributed by atoms with Crippen LogP contribution in [0.4, 0.5) is 5.69 Å². The Morgan fingerprint density at radius 2 is 1.62 bits per heavy atom. The van der Waals surface area contributed by atoms with Crippen molar-refractivity contribution in [2.75, 3.05) is 18.4 Å². The van der Waals surface area contributed by atoms with Crippen molar-refractivity contribution >= 4 is 52.9 Å². The molecule has 1 unspecified atom stereocenters. The lowest BCUT2D eigenvalue weighted by Gasteiger charge is -2.22. The van der Waals surface area contributed by atoms with E-state index in [4.69, 9.17) is 9.53 Å². The second-order valence-electron chi connectivity index (χ2n) is 14.4. The highest BCUT2D eigenvalue weighted by Gasteiger charge is 2.40. The van der Waals surface area contributed by atoms with Gasteiger partial charge in [0.05, 0.1) is 11.1 Å². The monoisotopic (exact) mass is 813 g/mol. The number of nitrogens with one attached hydrogen (secondary N) is 3. The van der Waals surface area contributed by atoms with E-state index in [9.17, 15) is 24.0 Å². The van der Waals surface area contributed by atoms with Gasteiger partial charge >= 0.3 is 0 Å². The molecule has 5 rings (SSSR count). The van der Waals surface area contributed by atoms with E-state index in [1.54, 1.807) is 25.1 Å². The molecule has 4 aromatic carbocycles. The number of carbonyl (C=O) groups excluding carboxylic acids is 6. The molecule has 12 heteroatoms. The summed E-state index contributed by atoms with van der Waals surface area (Å²) < 4.78 is 6.12. The Kier molecular flexibility index (Phi) is 18.5. The number of nitrogens with two attached hydrogens (primary N) is 1. The van der Waals surface area contributed by atoms with Gasteiger partial charge in [0.1, 0.15) is 11.5 Å². The predicted octanol–water partition coefficient (Wildman–Crippen LogP) is 8.32. The quantitative estimate of drug-likeness (QED) is 0.0265. The van der Waals surface area contributed by atoms with Gasteiger partial charge in [0.15, 0.2) is 0 Å². The Morgan fingerprint density at radius 3 is 2.35 bits per heavy atom. The average molecular weight is 814 g/mol. The molecule has 0 fully saturated rings. The van der Waals surface area contributed by atoms with Gasteiger partial charge in [-0.15, -0.1) is 0 Å². The van der Waals surface area contributed by atoms with Crippen molar-refractivity contribution in [2.45, 2.75) is 77.7 Å². The predicted molar refractivity (Wildman–Crippen MR) is 236 cm³/mol. The maximum atomic E-state index is 13.3. The highest BCUT2D eigenvalue weighted by molar-refractivity contribution is 6.24. The van der Waals surface area contributed by atoms with Crippen LogP contribution in [0, 0.1) is 6.92 Å². The fraction of sp³-hybridized carbons (Fsp3) is 0.292. The van der Waals surface area contributed by atoms with Gasteiger partial charge in [-0.05, 0) is 99.0 Å². The van der Waals surface area contributed by atoms with Crippen LogP contribution in [-0.4, -0.2) is 60.5 Å². The van der Waals surface area contributed by atoms with Gasteiger partial charge < -0.3 is 21.1 Å². The molecule has 0 saturated heterocycles. The van der Waals surface area contributed by atoms with Gasteiger partial charge in [0, 0.05) is 42.2 Å². The zero-order valence-corrected chi connectivity index (χ0v) is 34.4. The third kappa shape index (κ3) is 13.4. The van der Waals surface area contributed by atoms with E-state index in [0.29, 0.717) is 41.9 Å². The number of unbranched alkanes of at least 4 members (excludes halogenated alkanes) is 6. The molecule has 6 amide bonds. The van der Waals surface area contributed by atoms with E-state index in [0.717, 1.165) is 72.8 Å². The van der Waals surface area contributed by atoms with Crippen molar-refractivity contribution in [1.29, 1.82) is 0 Å². The van der Waals surface area contributed by atoms with Gasteiger partial charge in [-0.2, -0.15) is 0 Å². The van der Waals surface area contributed by atoms with Crippen LogP contribution in [0.3, 0.4) is 0 Å². The first kappa shape index (κ1) is 45.9. The minimum Gasteiger partial charge on any atom is -0.457 e. The van der Waals surface area contributed by atoms with Crippen LogP contribution >= 0.6 is 0 Å². The number of hydrogen-bond donors (Lipinski definition) is 4. The summed E-state index contributed by atoms with van der Waals surface area (Å²) in [6.45, 7) is 8.74. The van der Waals surface area contributed by atoms with Gasteiger partial charge in [0.2, 0.25) is 18.7 Å². The Bertz CT molecular complexity index is 2200. The number of fused-ring (bicyclic) bond motifs is 2. The van der Waals surface area contributed by atoms with Gasteiger partial charge in [-0.25, -0.2) is 0 Å². The largest absolute Gasteiger partial charge is 0.457 e. The van der Waals surface area contributed by atoms with Crippen molar-refractivity contribution in [3.05, 3.63) is 138 Å². The first-order valence-electron chi connectivity index (χ1n) is 20.3. The van der Waals surface area contributed by atoms with Crippen LogP contribution in [0.5, 0.6) is 11.5 Å². The minimum absolute atomic E-state index is 0.0362. The molecule has 4 aromatic rings. The van der Waals surface area contributed by atoms with Gasteiger partial charge in [-0.1, -0.05) is 92.5 Å².